The average molecular weight is 276 g/mol. The molecule has 1 aromatic heterocycles. The maximum Gasteiger partial charge on any atom is 0.0499 e. The number of halogens is 2. The van der Waals surface area contributed by atoms with Gasteiger partial charge < -0.3 is 4.57 Å². The van der Waals surface area contributed by atoms with E-state index in [4.69, 9.17) is 23.2 Å². The molecule has 2 aromatic carbocycles. The van der Waals surface area contributed by atoms with Gasteiger partial charge in [-0.2, -0.15) is 0 Å². The lowest BCUT2D eigenvalue weighted by Gasteiger charge is -2.07. The Morgan fingerprint density at radius 1 is 0.833 bits per heavy atom. The molecule has 0 aliphatic heterocycles. The van der Waals surface area contributed by atoms with Gasteiger partial charge in [0.1, 0.15) is 0 Å². The van der Waals surface area contributed by atoms with E-state index in [0.717, 1.165) is 33.1 Å². The standard InChI is InChI=1S/C15H11Cl2N/c16-13-5-2-1-4-11(13)10-18-9-8-12-14(17)6-3-7-15(12)18/h1-9H,10H2. The van der Waals surface area contributed by atoms with Gasteiger partial charge in [-0.3, -0.25) is 0 Å². The van der Waals surface area contributed by atoms with E-state index in [-0.39, 0.29) is 0 Å². The molecule has 0 spiro atoms. The molecule has 0 aliphatic carbocycles. The van der Waals surface area contributed by atoms with E-state index in [1.165, 1.54) is 0 Å². The van der Waals surface area contributed by atoms with Gasteiger partial charge in [-0.05, 0) is 29.8 Å². The third kappa shape index (κ3) is 2.00. The topological polar surface area (TPSA) is 4.93 Å². The fourth-order valence-electron chi connectivity index (χ4n) is 2.13. The molecule has 0 fully saturated rings. The fourth-order valence-corrected chi connectivity index (χ4v) is 2.56. The quantitative estimate of drug-likeness (QED) is 0.621. The van der Waals surface area contributed by atoms with Crippen LogP contribution >= 0.6 is 23.2 Å². The molecule has 90 valence electrons. The molecule has 18 heavy (non-hydrogen) atoms. The first kappa shape index (κ1) is 11.6. The summed E-state index contributed by atoms with van der Waals surface area (Å²) in [6, 6.07) is 15.9. The highest BCUT2D eigenvalue weighted by Crippen LogP contribution is 2.26. The van der Waals surface area contributed by atoms with Crippen LogP contribution in [0.25, 0.3) is 10.9 Å². The number of benzene rings is 2. The zero-order valence-electron chi connectivity index (χ0n) is 9.61. The van der Waals surface area contributed by atoms with Crippen molar-refractivity contribution in [1.82, 2.24) is 4.57 Å². The van der Waals surface area contributed by atoms with Crippen molar-refractivity contribution >= 4 is 34.1 Å². The van der Waals surface area contributed by atoms with Crippen LogP contribution in [0.15, 0.2) is 54.7 Å². The summed E-state index contributed by atoms with van der Waals surface area (Å²) in [5.41, 5.74) is 2.24. The van der Waals surface area contributed by atoms with Gasteiger partial charge >= 0.3 is 0 Å². The average Bonchev–Trinajstić information content (AvgIpc) is 2.77. The molecular weight excluding hydrogens is 265 g/mol. The zero-order chi connectivity index (χ0) is 12.5. The molecule has 0 radical (unpaired) electrons. The summed E-state index contributed by atoms with van der Waals surface area (Å²) in [4.78, 5) is 0. The Morgan fingerprint density at radius 3 is 2.44 bits per heavy atom. The first-order valence-corrected chi connectivity index (χ1v) is 6.48. The van der Waals surface area contributed by atoms with Gasteiger partial charge in [0.25, 0.3) is 0 Å². The minimum absolute atomic E-state index is 0.753. The van der Waals surface area contributed by atoms with E-state index in [1.807, 2.05) is 48.7 Å². The lowest BCUT2D eigenvalue weighted by atomic mass is 10.2. The third-order valence-electron chi connectivity index (χ3n) is 3.06. The van der Waals surface area contributed by atoms with Gasteiger partial charge in [-0.15, -0.1) is 0 Å². The predicted octanol–water partition coefficient (Wildman–Crippen LogP) is 5.00. The Labute approximate surface area is 116 Å². The molecule has 0 aliphatic rings. The van der Waals surface area contributed by atoms with E-state index in [1.54, 1.807) is 0 Å². The molecule has 3 heteroatoms. The lowest BCUT2D eigenvalue weighted by molar-refractivity contribution is 0.837. The van der Waals surface area contributed by atoms with Crippen molar-refractivity contribution in [1.29, 1.82) is 0 Å². The number of hydrogen-bond donors (Lipinski definition) is 0. The van der Waals surface area contributed by atoms with Crippen LogP contribution in [0, 0.1) is 0 Å². The first-order chi connectivity index (χ1) is 8.75. The van der Waals surface area contributed by atoms with Gasteiger partial charge in [-0.1, -0.05) is 47.5 Å². The number of nitrogens with zero attached hydrogens (tertiary/aromatic N) is 1. The predicted molar refractivity (Wildman–Crippen MR) is 77.5 cm³/mol. The Bertz CT molecular complexity index is 701. The minimum Gasteiger partial charge on any atom is -0.343 e. The van der Waals surface area contributed by atoms with Gasteiger partial charge in [0.15, 0.2) is 0 Å². The smallest absolute Gasteiger partial charge is 0.0499 e. The van der Waals surface area contributed by atoms with Gasteiger partial charge in [0.05, 0.1) is 0 Å². The van der Waals surface area contributed by atoms with Crippen LogP contribution in [0.4, 0.5) is 0 Å². The van der Waals surface area contributed by atoms with Crippen LogP contribution in [0.5, 0.6) is 0 Å². The number of aromatic nitrogens is 1. The molecule has 1 heterocycles. The summed E-state index contributed by atoms with van der Waals surface area (Å²) in [5, 5.41) is 2.65. The molecule has 0 unspecified atom stereocenters. The first-order valence-electron chi connectivity index (χ1n) is 5.72. The number of rotatable bonds is 2. The summed E-state index contributed by atoms with van der Waals surface area (Å²) in [7, 11) is 0. The highest BCUT2D eigenvalue weighted by molar-refractivity contribution is 6.35. The zero-order valence-corrected chi connectivity index (χ0v) is 11.1. The van der Waals surface area contributed by atoms with Crippen molar-refractivity contribution in [2.75, 3.05) is 0 Å². The Kier molecular flexibility index (Phi) is 3.02. The molecule has 3 aromatic rings. The second kappa shape index (κ2) is 4.68. The van der Waals surface area contributed by atoms with Crippen molar-refractivity contribution in [3.8, 4) is 0 Å². The molecule has 0 N–H and O–H groups in total. The van der Waals surface area contributed by atoms with E-state index < -0.39 is 0 Å². The normalized spacial score (nSPS) is 11.0. The molecular formula is C15H11Cl2N. The van der Waals surface area contributed by atoms with Crippen LogP contribution in [-0.4, -0.2) is 4.57 Å². The summed E-state index contributed by atoms with van der Waals surface area (Å²) < 4.78 is 2.16. The number of fused-ring (bicyclic) bond motifs is 1. The SMILES string of the molecule is Clc1ccccc1Cn1ccc2c(Cl)cccc21. The summed E-state index contributed by atoms with van der Waals surface area (Å²) in [6.45, 7) is 0.753. The van der Waals surface area contributed by atoms with Crippen molar-refractivity contribution in [2.24, 2.45) is 0 Å². The van der Waals surface area contributed by atoms with Crippen molar-refractivity contribution in [3.63, 3.8) is 0 Å². The van der Waals surface area contributed by atoms with Crippen molar-refractivity contribution < 1.29 is 0 Å². The molecule has 0 amide bonds. The number of hydrogen-bond acceptors (Lipinski definition) is 0. The van der Waals surface area contributed by atoms with Crippen LogP contribution in [0.1, 0.15) is 5.56 Å². The van der Waals surface area contributed by atoms with Gasteiger partial charge in [0.2, 0.25) is 0 Å². The second-order valence-electron chi connectivity index (χ2n) is 4.21. The van der Waals surface area contributed by atoms with Gasteiger partial charge in [-0.25, -0.2) is 0 Å². The monoisotopic (exact) mass is 275 g/mol. The Balaban J connectivity index is 2.06. The van der Waals surface area contributed by atoms with E-state index in [0.29, 0.717) is 0 Å². The van der Waals surface area contributed by atoms with Crippen molar-refractivity contribution in [3.05, 3.63) is 70.3 Å². The van der Waals surface area contributed by atoms with Crippen LogP contribution in [0.3, 0.4) is 0 Å². The lowest BCUT2D eigenvalue weighted by Crippen LogP contribution is -1.98. The highest BCUT2D eigenvalue weighted by atomic mass is 35.5. The van der Waals surface area contributed by atoms with Crippen LogP contribution in [-0.2, 0) is 6.54 Å². The van der Waals surface area contributed by atoms with Crippen LogP contribution in [0.2, 0.25) is 10.0 Å². The second-order valence-corrected chi connectivity index (χ2v) is 5.02. The molecule has 1 nitrogen and oxygen atoms in total. The minimum atomic E-state index is 0.753. The molecule has 0 saturated carbocycles. The maximum absolute atomic E-state index is 6.18. The van der Waals surface area contributed by atoms with E-state index in [2.05, 4.69) is 10.6 Å². The Morgan fingerprint density at radius 2 is 1.61 bits per heavy atom. The third-order valence-corrected chi connectivity index (χ3v) is 3.76. The summed E-state index contributed by atoms with van der Waals surface area (Å²) in [6.07, 6.45) is 2.04. The highest BCUT2D eigenvalue weighted by Gasteiger charge is 2.06. The van der Waals surface area contributed by atoms with Crippen molar-refractivity contribution in [2.45, 2.75) is 6.54 Å². The van der Waals surface area contributed by atoms with Crippen LogP contribution < -0.4 is 0 Å². The maximum atomic E-state index is 6.18. The van der Waals surface area contributed by atoms with E-state index >= 15 is 0 Å². The largest absolute Gasteiger partial charge is 0.343 e. The van der Waals surface area contributed by atoms with E-state index in [9.17, 15) is 0 Å². The molecule has 0 saturated heterocycles. The molecule has 3 rings (SSSR count). The summed E-state index contributed by atoms with van der Waals surface area (Å²) in [5.74, 6) is 0. The molecule has 0 bridgehead atoms. The van der Waals surface area contributed by atoms with Gasteiger partial charge in [0, 0.05) is 33.7 Å². The Hall–Kier alpha value is -1.44. The fraction of sp³-hybridized carbons (Fsp3) is 0.0667. The molecule has 0 atom stereocenters. The summed E-state index contributed by atoms with van der Waals surface area (Å²) >= 11 is 12.3.